The Hall–Kier alpha value is -3.46. The molecule has 0 fully saturated rings. The molecular weight excluding hydrogens is 344 g/mol. The largest absolute Gasteiger partial charge is 0.333 e. The van der Waals surface area contributed by atoms with Crippen molar-refractivity contribution in [3.8, 4) is 0 Å². The number of amides is 1. The summed E-state index contributed by atoms with van der Waals surface area (Å²) in [4.78, 5) is 19.8. The van der Waals surface area contributed by atoms with E-state index in [1.807, 2.05) is 77.7 Å². The Kier molecular flexibility index (Phi) is 5.43. The number of nitrogens with zero attached hydrogens (tertiary/aromatic N) is 2. The van der Waals surface area contributed by atoms with Crippen LogP contribution >= 0.6 is 0 Å². The Labute approximate surface area is 165 Å². The molecule has 1 aromatic heterocycles. The van der Waals surface area contributed by atoms with Gasteiger partial charge in [0.25, 0.3) is 5.91 Å². The first-order valence-electron chi connectivity index (χ1n) is 9.52. The molecule has 3 aromatic carbocycles. The Bertz CT molecular complexity index is 1060. The fourth-order valence-electron chi connectivity index (χ4n) is 3.31. The molecule has 138 valence electrons. The van der Waals surface area contributed by atoms with Crippen LogP contribution < -0.4 is 0 Å². The molecule has 0 atom stereocenters. The topological polar surface area (TPSA) is 33.2 Å². The van der Waals surface area contributed by atoms with Crippen LogP contribution in [0.4, 0.5) is 0 Å². The summed E-state index contributed by atoms with van der Waals surface area (Å²) in [6.07, 6.45) is 0.812. The molecule has 0 aliphatic carbocycles. The summed E-state index contributed by atoms with van der Waals surface area (Å²) >= 11 is 0. The van der Waals surface area contributed by atoms with E-state index in [9.17, 15) is 4.79 Å². The van der Waals surface area contributed by atoms with Crippen LogP contribution in [0.1, 0.15) is 21.6 Å². The molecule has 0 bridgehead atoms. The zero-order valence-electron chi connectivity index (χ0n) is 15.7. The average molecular weight is 366 g/mol. The number of para-hydroxylation sites is 1. The summed E-state index contributed by atoms with van der Waals surface area (Å²) in [5, 5.41) is 1.04. The van der Waals surface area contributed by atoms with Crippen molar-refractivity contribution in [2.45, 2.75) is 13.0 Å². The van der Waals surface area contributed by atoms with Gasteiger partial charge in [-0.25, -0.2) is 4.98 Å². The molecule has 0 N–H and O–H groups in total. The molecule has 28 heavy (non-hydrogen) atoms. The Morgan fingerprint density at radius 3 is 2.11 bits per heavy atom. The highest BCUT2D eigenvalue weighted by atomic mass is 16.2. The summed E-state index contributed by atoms with van der Waals surface area (Å²) in [5.74, 6) is -0.0365. The number of rotatable bonds is 6. The molecule has 0 saturated heterocycles. The van der Waals surface area contributed by atoms with Crippen LogP contribution in [-0.2, 0) is 13.0 Å². The molecule has 0 aliphatic rings. The monoisotopic (exact) mass is 366 g/mol. The van der Waals surface area contributed by atoms with Crippen molar-refractivity contribution in [1.82, 2.24) is 9.88 Å². The smallest absolute Gasteiger partial charge is 0.272 e. The third kappa shape index (κ3) is 4.26. The number of hydrogen-bond donors (Lipinski definition) is 0. The second-order valence-electron chi connectivity index (χ2n) is 6.84. The fourth-order valence-corrected chi connectivity index (χ4v) is 3.31. The van der Waals surface area contributed by atoms with Gasteiger partial charge < -0.3 is 4.90 Å². The van der Waals surface area contributed by atoms with Gasteiger partial charge in [0.15, 0.2) is 0 Å². The number of fused-ring (bicyclic) bond motifs is 1. The molecule has 1 amide bonds. The third-order valence-corrected chi connectivity index (χ3v) is 4.83. The second kappa shape index (κ2) is 8.49. The molecule has 3 nitrogen and oxygen atoms in total. The highest BCUT2D eigenvalue weighted by Gasteiger charge is 2.18. The van der Waals surface area contributed by atoms with Crippen molar-refractivity contribution in [2.24, 2.45) is 0 Å². The van der Waals surface area contributed by atoms with Gasteiger partial charge >= 0.3 is 0 Å². The van der Waals surface area contributed by atoms with Crippen molar-refractivity contribution in [2.75, 3.05) is 6.54 Å². The van der Waals surface area contributed by atoms with Gasteiger partial charge in [0.05, 0.1) is 5.52 Å². The number of carbonyl (C=O) groups excluding carboxylic acids is 1. The third-order valence-electron chi connectivity index (χ3n) is 4.83. The first-order chi connectivity index (χ1) is 13.8. The highest BCUT2D eigenvalue weighted by molar-refractivity contribution is 5.94. The van der Waals surface area contributed by atoms with Crippen LogP contribution in [0.2, 0.25) is 0 Å². The van der Waals surface area contributed by atoms with E-state index in [1.165, 1.54) is 5.56 Å². The first kappa shape index (κ1) is 17.9. The maximum atomic E-state index is 13.3. The predicted molar refractivity (Wildman–Crippen MR) is 113 cm³/mol. The van der Waals surface area contributed by atoms with Gasteiger partial charge in [-0.3, -0.25) is 4.79 Å². The van der Waals surface area contributed by atoms with E-state index in [4.69, 9.17) is 0 Å². The highest BCUT2D eigenvalue weighted by Crippen LogP contribution is 2.15. The van der Waals surface area contributed by atoms with Crippen molar-refractivity contribution >= 4 is 16.8 Å². The first-order valence-corrected chi connectivity index (χ1v) is 9.52. The van der Waals surface area contributed by atoms with Gasteiger partial charge in [0.2, 0.25) is 0 Å². The van der Waals surface area contributed by atoms with Gasteiger partial charge in [0, 0.05) is 18.5 Å². The molecule has 3 heteroatoms. The van der Waals surface area contributed by atoms with Crippen LogP contribution in [0.15, 0.2) is 97.1 Å². The molecule has 0 aliphatic heterocycles. The zero-order chi connectivity index (χ0) is 19.2. The quantitative estimate of drug-likeness (QED) is 0.474. The molecule has 0 saturated carbocycles. The molecule has 4 aromatic rings. The van der Waals surface area contributed by atoms with E-state index < -0.39 is 0 Å². The van der Waals surface area contributed by atoms with E-state index >= 15 is 0 Å². The molecule has 0 radical (unpaired) electrons. The number of carbonyl (C=O) groups is 1. The molecule has 0 unspecified atom stereocenters. The zero-order valence-corrected chi connectivity index (χ0v) is 15.7. The summed E-state index contributed by atoms with van der Waals surface area (Å²) in [7, 11) is 0. The fraction of sp³-hybridized carbons (Fsp3) is 0.120. The van der Waals surface area contributed by atoms with E-state index in [1.54, 1.807) is 0 Å². The standard InChI is InChI=1S/C25H22N2O/c28-25(24-16-15-22-13-7-8-14-23(22)26-24)27(19-21-11-5-2-6-12-21)18-17-20-9-3-1-4-10-20/h1-16H,17-19H2. The lowest BCUT2D eigenvalue weighted by atomic mass is 10.1. The van der Waals surface area contributed by atoms with E-state index in [-0.39, 0.29) is 5.91 Å². The van der Waals surface area contributed by atoms with Crippen LogP contribution in [0, 0.1) is 0 Å². The number of aromatic nitrogens is 1. The van der Waals surface area contributed by atoms with Gasteiger partial charge in [-0.1, -0.05) is 84.9 Å². The van der Waals surface area contributed by atoms with Gasteiger partial charge in [-0.15, -0.1) is 0 Å². The Morgan fingerprint density at radius 2 is 1.36 bits per heavy atom. The van der Waals surface area contributed by atoms with Gasteiger partial charge in [-0.05, 0) is 29.7 Å². The SMILES string of the molecule is O=C(c1ccc2ccccc2n1)N(CCc1ccccc1)Cc1ccccc1. The van der Waals surface area contributed by atoms with Crippen molar-refractivity contribution in [3.63, 3.8) is 0 Å². The molecule has 0 spiro atoms. The number of hydrogen-bond acceptors (Lipinski definition) is 2. The number of pyridine rings is 1. The van der Waals surface area contributed by atoms with Crippen LogP contribution in [0.3, 0.4) is 0 Å². The van der Waals surface area contributed by atoms with E-state index in [0.717, 1.165) is 22.9 Å². The maximum absolute atomic E-state index is 13.3. The average Bonchev–Trinajstić information content (AvgIpc) is 2.77. The number of benzene rings is 3. The molecular formula is C25H22N2O. The van der Waals surface area contributed by atoms with Gasteiger partial charge in [-0.2, -0.15) is 0 Å². The Balaban J connectivity index is 1.59. The normalized spacial score (nSPS) is 10.7. The lowest BCUT2D eigenvalue weighted by Crippen LogP contribution is -2.33. The maximum Gasteiger partial charge on any atom is 0.272 e. The van der Waals surface area contributed by atoms with E-state index in [0.29, 0.717) is 18.8 Å². The predicted octanol–water partition coefficient (Wildman–Crippen LogP) is 5.12. The van der Waals surface area contributed by atoms with Crippen LogP contribution in [-0.4, -0.2) is 22.3 Å². The second-order valence-corrected chi connectivity index (χ2v) is 6.84. The Morgan fingerprint density at radius 1 is 0.714 bits per heavy atom. The lowest BCUT2D eigenvalue weighted by molar-refractivity contribution is 0.0739. The van der Waals surface area contributed by atoms with Crippen LogP contribution in [0.25, 0.3) is 10.9 Å². The minimum absolute atomic E-state index is 0.0365. The summed E-state index contributed by atoms with van der Waals surface area (Å²) in [6.45, 7) is 1.22. The van der Waals surface area contributed by atoms with Crippen molar-refractivity contribution in [1.29, 1.82) is 0 Å². The minimum Gasteiger partial charge on any atom is -0.333 e. The van der Waals surface area contributed by atoms with E-state index in [2.05, 4.69) is 29.2 Å². The van der Waals surface area contributed by atoms with Crippen molar-refractivity contribution in [3.05, 3.63) is 114 Å². The summed E-state index contributed by atoms with van der Waals surface area (Å²) in [6, 6.07) is 32.0. The minimum atomic E-state index is -0.0365. The molecule has 1 heterocycles. The molecule has 4 rings (SSSR count). The van der Waals surface area contributed by atoms with Crippen molar-refractivity contribution < 1.29 is 4.79 Å². The lowest BCUT2D eigenvalue weighted by Gasteiger charge is -2.23. The van der Waals surface area contributed by atoms with Gasteiger partial charge in [0.1, 0.15) is 5.69 Å². The summed E-state index contributed by atoms with van der Waals surface area (Å²) in [5.41, 5.74) is 3.67. The summed E-state index contributed by atoms with van der Waals surface area (Å²) < 4.78 is 0. The van der Waals surface area contributed by atoms with Crippen LogP contribution in [0.5, 0.6) is 0 Å².